The van der Waals surface area contributed by atoms with E-state index < -0.39 is 34.7 Å². The molecule has 1 heterocycles. The summed E-state index contributed by atoms with van der Waals surface area (Å²) in [4.78, 5) is 30.5. The van der Waals surface area contributed by atoms with Crippen LogP contribution in [0.5, 0.6) is 0 Å². The number of nitrogens with one attached hydrogen (secondary N) is 1. The number of halogens is 4. The van der Waals surface area contributed by atoms with Crippen molar-refractivity contribution in [2.45, 2.75) is 12.8 Å². The molecule has 0 radical (unpaired) electrons. The second kappa shape index (κ2) is 7.91. The highest BCUT2D eigenvalue weighted by atomic mass is 32.1. The Morgan fingerprint density at radius 2 is 1.92 bits per heavy atom. The predicted octanol–water partition coefficient (Wildman–Crippen LogP) is 2.79. The van der Waals surface area contributed by atoms with E-state index in [1.165, 1.54) is 29.6 Å². The molecule has 2 N–H and O–H groups in total. The maximum Gasteiger partial charge on any atom is 0.471 e. The molecular formula is C14H9F4N3O4S. The second-order valence-corrected chi connectivity index (χ2v) is 5.49. The summed E-state index contributed by atoms with van der Waals surface area (Å²) >= 11 is 0.587. The number of hydrogen-bond acceptors (Lipinski definition) is 6. The predicted molar refractivity (Wildman–Crippen MR) is 82.2 cm³/mol. The van der Waals surface area contributed by atoms with E-state index in [9.17, 15) is 27.2 Å². The molecule has 0 saturated carbocycles. The summed E-state index contributed by atoms with van der Waals surface area (Å²) in [5.74, 6) is -4.23. The topological polar surface area (TPSA) is 101 Å². The smallest absolute Gasteiger partial charge is 0.471 e. The van der Waals surface area contributed by atoms with Crippen molar-refractivity contribution < 1.29 is 37.1 Å². The van der Waals surface area contributed by atoms with Gasteiger partial charge in [0.25, 0.3) is 0 Å². The Balaban J connectivity index is 2.08. The number of alkyl halides is 3. The van der Waals surface area contributed by atoms with Gasteiger partial charge in [-0.05, 0) is 17.7 Å². The van der Waals surface area contributed by atoms with Gasteiger partial charge in [-0.25, -0.2) is 14.2 Å². The number of carbonyl (C=O) groups is 2. The minimum absolute atomic E-state index is 0.168. The van der Waals surface area contributed by atoms with Gasteiger partial charge in [0.1, 0.15) is 18.1 Å². The fourth-order valence-corrected chi connectivity index (χ4v) is 2.25. The third-order valence-corrected chi connectivity index (χ3v) is 3.49. The molecule has 1 amide bonds. The Bertz CT molecular complexity index is 833. The van der Waals surface area contributed by atoms with Gasteiger partial charge in [0, 0.05) is 5.38 Å². The SMILES string of the molecule is O=C(O)/C(=N/OCc1ccc(F)cc1)c1csc(NC(=O)C(F)(F)F)n1. The molecule has 1 aromatic carbocycles. The summed E-state index contributed by atoms with van der Waals surface area (Å²) in [6.07, 6.45) is -5.10. The van der Waals surface area contributed by atoms with Gasteiger partial charge in [-0.3, -0.25) is 10.1 Å². The Labute approximate surface area is 146 Å². The highest BCUT2D eigenvalue weighted by Gasteiger charge is 2.39. The molecule has 0 spiro atoms. The number of oxime groups is 1. The molecule has 0 bridgehead atoms. The molecule has 0 aliphatic carbocycles. The van der Waals surface area contributed by atoms with Gasteiger partial charge < -0.3 is 9.94 Å². The van der Waals surface area contributed by atoms with E-state index >= 15 is 0 Å². The number of aromatic nitrogens is 1. The number of thiazole rings is 1. The Kier molecular flexibility index (Phi) is 5.87. The number of rotatable bonds is 6. The van der Waals surface area contributed by atoms with Gasteiger partial charge in [-0.2, -0.15) is 13.2 Å². The van der Waals surface area contributed by atoms with Crippen LogP contribution in [-0.2, 0) is 21.0 Å². The van der Waals surface area contributed by atoms with Crippen molar-refractivity contribution in [2.75, 3.05) is 5.32 Å². The zero-order valence-electron chi connectivity index (χ0n) is 12.6. The number of carboxylic acid groups (broad SMARTS) is 1. The van der Waals surface area contributed by atoms with Crippen LogP contribution in [0.15, 0.2) is 34.8 Å². The van der Waals surface area contributed by atoms with Gasteiger partial charge in [0.15, 0.2) is 5.13 Å². The molecule has 7 nitrogen and oxygen atoms in total. The highest BCUT2D eigenvalue weighted by Crippen LogP contribution is 2.21. The lowest BCUT2D eigenvalue weighted by molar-refractivity contribution is -0.167. The summed E-state index contributed by atoms with van der Waals surface area (Å²) in [5, 5.41) is 14.7. The quantitative estimate of drug-likeness (QED) is 0.448. The van der Waals surface area contributed by atoms with Crippen molar-refractivity contribution in [1.82, 2.24) is 4.98 Å². The number of aliphatic carboxylic acids is 1. The largest absolute Gasteiger partial charge is 0.476 e. The molecule has 0 aliphatic rings. The first-order valence-corrected chi connectivity index (χ1v) is 7.56. The standard InChI is InChI=1S/C14H9F4N3O4S/c15-8-3-1-7(2-4-8)5-25-21-10(11(22)23)9-6-26-13(19-9)20-12(24)14(16,17)18/h1-4,6H,5H2,(H,22,23)(H,19,20,24)/b21-10+. The Morgan fingerprint density at radius 1 is 1.27 bits per heavy atom. The monoisotopic (exact) mass is 391 g/mol. The van der Waals surface area contributed by atoms with E-state index in [2.05, 4.69) is 10.1 Å². The van der Waals surface area contributed by atoms with Crippen LogP contribution in [-0.4, -0.2) is 33.9 Å². The van der Waals surface area contributed by atoms with Crippen LogP contribution in [0.25, 0.3) is 0 Å². The van der Waals surface area contributed by atoms with Crippen LogP contribution >= 0.6 is 11.3 Å². The summed E-state index contributed by atoms with van der Waals surface area (Å²) in [7, 11) is 0. The van der Waals surface area contributed by atoms with Gasteiger partial charge >= 0.3 is 18.1 Å². The van der Waals surface area contributed by atoms with E-state index in [-0.39, 0.29) is 12.3 Å². The normalized spacial score (nSPS) is 11.9. The third-order valence-electron chi connectivity index (χ3n) is 2.73. The summed E-state index contributed by atoms with van der Waals surface area (Å²) in [6.45, 7) is -0.168. The third kappa shape index (κ3) is 5.24. The lowest BCUT2D eigenvalue weighted by Gasteiger charge is -2.04. The number of nitrogens with zero attached hydrogens (tertiary/aromatic N) is 2. The zero-order chi connectivity index (χ0) is 19.3. The van der Waals surface area contributed by atoms with E-state index in [0.29, 0.717) is 16.9 Å². The Hall–Kier alpha value is -3.02. The fraction of sp³-hybridized carbons (Fsp3) is 0.143. The summed E-state index contributed by atoms with van der Waals surface area (Å²) in [5.41, 5.74) is -0.453. The average molecular weight is 391 g/mol. The molecule has 0 unspecified atom stereocenters. The first-order valence-electron chi connectivity index (χ1n) is 6.68. The van der Waals surface area contributed by atoms with Crippen molar-refractivity contribution in [3.05, 3.63) is 46.7 Å². The van der Waals surface area contributed by atoms with Crippen molar-refractivity contribution in [3.8, 4) is 0 Å². The molecular weight excluding hydrogens is 382 g/mol. The van der Waals surface area contributed by atoms with Crippen molar-refractivity contribution in [1.29, 1.82) is 0 Å². The zero-order valence-corrected chi connectivity index (χ0v) is 13.4. The van der Waals surface area contributed by atoms with Crippen LogP contribution < -0.4 is 5.32 Å². The molecule has 138 valence electrons. The first-order chi connectivity index (χ1) is 12.2. The summed E-state index contributed by atoms with van der Waals surface area (Å²) in [6, 6.07) is 5.16. The molecule has 0 aliphatic heterocycles. The Morgan fingerprint density at radius 3 is 2.50 bits per heavy atom. The van der Waals surface area contributed by atoms with Gasteiger partial charge in [-0.15, -0.1) is 11.3 Å². The van der Waals surface area contributed by atoms with Crippen LogP contribution in [0, 0.1) is 5.82 Å². The number of carbonyl (C=O) groups excluding carboxylic acids is 1. The molecule has 12 heteroatoms. The van der Waals surface area contributed by atoms with Gasteiger partial charge in [0.2, 0.25) is 5.71 Å². The molecule has 0 fully saturated rings. The first kappa shape index (κ1) is 19.3. The summed E-state index contributed by atoms with van der Waals surface area (Å²) < 4.78 is 49.3. The molecule has 2 aromatic rings. The lowest BCUT2D eigenvalue weighted by Crippen LogP contribution is -2.29. The minimum Gasteiger partial charge on any atom is -0.476 e. The van der Waals surface area contributed by atoms with E-state index in [1.807, 2.05) is 0 Å². The highest BCUT2D eigenvalue weighted by molar-refractivity contribution is 7.14. The molecule has 0 saturated heterocycles. The number of hydrogen-bond donors (Lipinski definition) is 2. The average Bonchev–Trinajstić information content (AvgIpc) is 3.00. The maximum atomic E-state index is 12.8. The van der Waals surface area contributed by atoms with Crippen molar-refractivity contribution in [2.24, 2.45) is 5.16 Å². The van der Waals surface area contributed by atoms with Crippen molar-refractivity contribution in [3.63, 3.8) is 0 Å². The molecule has 26 heavy (non-hydrogen) atoms. The number of amides is 1. The van der Waals surface area contributed by atoms with E-state index in [4.69, 9.17) is 9.94 Å². The fourth-order valence-electron chi connectivity index (χ4n) is 1.56. The van der Waals surface area contributed by atoms with Gasteiger partial charge in [-0.1, -0.05) is 17.3 Å². The molecule has 2 rings (SSSR count). The van der Waals surface area contributed by atoms with E-state index in [1.54, 1.807) is 0 Å². The molecule has 0 atom stereocenters. The molecule has 1 aromatic heterocycles. The minimum atomic E-state index is -5.10. The lowest BCUT2D eigenvalue weighted by atomic mass is 10.2. The maximum absolute atomic E-state index is 12.8. The van der Waals surface area contributed by atoms with Crippen LogP contribution in [0.1, 0.15) is 11.3 Å². The number of benzene rings is 1. The second-order valence-electron chi connectivity index (χ2n) is 4.63. The number of anilines is 1. The van der Waals surface area contributed by atoms with E-state index in [0.717, 1.165) is 5.38 Å². The number of carboxylic acids is 1. The van der Waals surface area contributed by atoms with Crippen LogP contribution in [0.3, 0.4) is 0 Å². The van der Waals surface area contributed by atoms with Crippen LogP contribution in [0.4, 0.5) is 22.7 Å². The van der Waals surface area contributed by atoms with Crippen LogP contribution in [0.2, 0.25) is 0 Å². The van der Waals surface area contributed by atoms with Crippen molar-refractivity contribution >= 4 is 34.1 Å². The van der Waals surface area contributed by atoms with Gasteiger partial charge in [0.05, 0.1) is 0 Å².